The van der Waals surface area contributed by atoms with E-state index in [0.29, 0.717) is 31.1 Å². The van der Waals surface area contributed by atoms with Crippen molar-refractivity contribution < 1.29 is 9.59 Å². The van der Waals surface area contributed by atoms with Crippen molar-refractivity contribution >= 4 is 23.4 Å². The number of carbonyl (C=O) groups excluding carboxylic acids is 2. The Kier molecular flexibility index (Phi) is 8.69. The number of rotatable bonds is 9. The highest BCUT2D eigenvalue weighted by molar-refractivity contribution is 6.30. The van der Waals surface area contributed by atoms with E-state index < -0.39 is 0 Å². The van der Waals surface area contributed by atoms with Crippen molar-refractivity contribution in [2.75, 3.05) is 19.6 Å². The summed E-state index contributed by atoms with van der Waals surface area (Å²) < 4.78 is 0. The predicted molar refractivity (Wildman–Crippen MR) is 106 cm³/mol. The molecule has 2 rings (SSSR count). The standard InChI is InChI=1S/C21H29ClN2O2/c1-17(25)24(15-12-19-7-9-20(22)10-8-19)16-13-21(26)23-14-11-18-5-3-2-4-6-18/h5,7-10H,2-4,6,11-16H2,1H3,(H,23,26). The molecular weight excluding hydrogens is 348 g/mol. The molecule has 1 aliphatic rings. The number of hydrogen-bond donors (Lipinski definition) is 1. The normalized spacial score (nSPS) is 13.8. The van der Waals surface area contributed by atoms with E-state index >= 15 is 0 Å². The van der Waals surface area contributed by atoms with Crippen LogP contribution in [0.2, 0.25) is 5.02 Å². The van der Waals surface area contributed by atoms with Gasteiger partial charge >= 0.3 is 0 Å². The summed E-state index contributed by atoms with van der Waals surface area (Å²) in [6, 6.07) is 7.63. The fraction of sp³-hybridized carbons (Fsp3) is 0.524. The van der Waals surface area contributed by atoms with Gasteiger partial charge in [-0.25, -0.2) is 0 Å². The first-order chi connectivity index (χ1) is 12.5. The molecular formula is C21H29ClN2O2. The third-order valence-corrected chi connectivity index (χ3v) is 5.04. The maximum Gasteiger partial charge on any atom is 0.221 e. The zero-order valence-electron chi connectivity index (χ0n) is 15.6. The molecule has 4 nitrogen and oxygen atoms in total. The summed E-state index contributed by atoms with van der Waals surface area (Å²) in [5.41, 5.74) is 2.59. The van der Waals surface area contributed by atoms with E-state index in [1.807, 2.05) is 24.3 Å². The Hall–Kier alpha value is -1.81. The second-order valence-electron chi connectivity index (χ2n) is 6.84. The Morgan fingerprint density at radius 3 is 2.54 bits per heavy atom. The van der Waals surface area contributed by atoms with E-state index in [4.69, 9.17) is 11.6 Å². The number of allylic oxidation sites excluding steroid dienone is 1. The van der Waals surface area contributed by atoms with E-state index in [2.05, 4.69) is 11.4 Å². The number of carbonyl (C=O) groups is 2. The van der Waals surface area contributed by atoms with E-state index in [1.54, 1.807) is 11.8 Å². The lowest BCUT2D eigenvalue weighted by Crippen LogP contribution is -2.35. The number of hydrogen-bond acceptors (Lipinski definition) is 2. The van der Waals surface area contributed by atoms with Crippen molar-refractivity contribution in [3.63, 3.8) is 0 Å². The molecule has 1 N–H and O–H groups in total. The van der Waals surface area contributed by atoms with Crippen molar-refractivity contribution in [3.05, 3.63) is 46.5 Å². The molecule has 0 saturated heterocycles. The molecule has 0 atom stereocenters. The average Bonchev–Trinajstić information content (AvgIpc) is 2.63. The van der Waals surface area contributed by atoms with Gasteiger partial charge in [-0.1, -0.05) is 35.4 Å². The van der Waals surface area contributed by atoms with Gasteiger partial charge in [-0.2, -0.15) is 0 Å². The highest BCUT2D eigenvalue weighted by Crippen LogP contribution is 2.19. The number of amides is 2. The molecule has 0 bridgehead atoms. The van der Waals surface area contributed by atoms with Crippen LogP contribution in [0.1, 0.15) is 51.0 Å². The molecule has 0 heterocycles. The SMILES string of the molecule is CC(=O)N(CCC(=O)NCCC1=CCCCC1)CCc1ccc(Cl)cc1. The van der Waals surface area contributed by atoms with Crippen LogP contribution in [-0.4, -0.2) is 36.3 Å². The number of nitrogens with zero attached hydrogens (tertiary/aromatic N) is 1. The Morgan fingerprint density at radius 1 is 1.12 bits per heavy atom. The molecule has 142 valence electrons. The Bertz CT molecular complexity index is 625. The second-order valence-corrected chi connectivity index (χ2v) is 7.28. The summed E-state index contributed by atoms with van der Waals surface area (Å²) in [5.74, 6) is 0.0123. The van der Waals surface area contributed by atoms with Crippen molar-refractivity contribution in [1.29, 1.82) is 0 Å². The summed E-state index contributed by atoms with van der Waals surface area (Å²) >= 11 is 5.89. The monoisotopic (exact) mass is 376 g/mol. The molecule has 26 heavy (non-hydrogen) atoms. The molecule has 0 spiro atoms. The lowest BCUT2D eigenvalue weighted by molar-refractivity contribution is -0.129. The Balaban J connectivity index is 1.67. The molecule has 1 aromatic carbocycles. The molecule has 0 aliphatic heterocycles. The van der Waals surface area contributed by atoms with Gasteiger partial charge in [0.05, 0.1) is 0 Å². The topological polar surface area (TPSA) is 49.4 Å². The highest BCUT2D eigenvalue weighted by Gasteiger charge is 2.11. The van der Waals surface area contributed by atoms with E-state index in [-0.39, 0.29) is 11.8 Å². The first-order valence-electron chi connectivity index (χ1n) is 9.49. The van der Waals surface area contributed by atoms with Crippen LogP contribution in [0.3, 0.4) is 0 Å². The predicted octanol–water partition coefficient (Wildman–Crippen LogP) is 4.13. The summed E-state index contributed by atoms with van der Waals surface area (Å²) in [6.45, 7) is 3.30. The highest BCUT2D eigenvalue weighted by atomic mass is 35.5. The molecule has 1 aromatic rings. The third kappa shape index (κ3) is 7.61. The maximum absolute atomic E-state index is 12.0. The van der Waals surface area contributed by atoms with Gasteiger partial charge in [0.1, 0.15) is 0 Å². The second kappa shape index (κ2) is 11.0. The molecule has 5 heteroatoms. The zero-order valence-corrected chi connectivity index (χ0v) is 16.4. The van der Waals surface area contributed by atoms with E-state index in [1.165, 1.54) is 31.3 Å². The Morgan fingerprint density at radius 2 is 1.88 bits per heavy atom. The minimum absolute atomic E-state index is 0.000810. The lowest BCUT2D eigenvalue weighted by atomic mass is 9.97. The first-order valence-corrected chi connectivity index (χ1v) is 9.87. The van der Waals surface area contributed by atoms with Crippen molar-refractivity contribution in [2.45, 2.75) is 51.9 Å². The van der Waals surface area contributed by atoms with Crippen molar-refractivity contribution in [3.8, 4) is 0 Å². The molecule has 0 aromatic heterocycles. The van der Waals surface area contributed by atoms with Crippen LogP contribution in [0.5, 0.6) is 0 Å². The average molecular weight is 377 g/mol. The van der Waals surface area contributed by atoms with Gasteiger partial charge in [0.2, 0.25) is 11.8 Å². The van der Waals surface area contributed by atoms with Gasteiger partial charge in [0, 0.05) is 38.0 Å². The number of benzene rings is 1. The van der Waals surface area contributed by atoms with Gasteiger partial charge in [0.15, 0.2) is 0 Å². The molecule has 1 aliphatic carbocycles. The number of nitrogens with one attached hydrogen (secondary N) is 1. The summed E-state index contributed by atoms with van der Waals surface area (Å²) in [6.07, 6.45) is 9.24. The van der Waals surface area contributed by atoms with Crippen LogP contribution in [-0.2, 0) is 16.0 Å². The minimum atomic E-state index is -0.000810. The van der Waals surface area contributed by atoms with Crippen LogP contribution in [0, 0.1) is 0 Å². The number of halogens is 1. The van der Waals surface area contributed by atoms with Crippen molar-refractivity contribution in [1.82, 2.24) is 10.2 Å². The third-order valence-electron chi connectivity index (χ3n) is 4.79. The molecule has 2 amide bonds. The van der Waals surface area contributed by atoms with Gasteiger partial charge in [-0.05, 0) is 56.2 Å². The minimum Gasteiger partial charge on any atom is -0.356 e. The summed E-state index contributed by atoms with van der Waals surface area (Å²) in [4.78, 5) is 25.6. The molecule has 0 saturated carbocycles. The maximum atomic E-state index is 12.0. The van der Waals surface area contributed by atoms with Gasteiger partial charge in [-0.3, -0.25) is 9.59 Å². The Labute approximate surface area is 161 Å². The van der Waals surface area contributed by atoms with E-state index in [9.17, 15) is 9.59 Å². The first kappa shape index (κ1) is 20.5. The quantitative estimate of drug-likeness (QED) is 0.659. The fourth-order valence-electron chi connectivity index (χ4n) is 3.16. The van der Waals surface area contributed by atoms with Crippen LogP contribution in [0.4, 0.5) is 0 Å². The van der Waals surface area contributed by atoms with Gasteiger partial charge in [-0.15, -0.1) is 0 Å². The summed E-state index contributed by atoms with van der Waals surface area (Å²) in [7, 11) is 0. The van der Waals surface area contributed by atoms with E-state index in [0.717, 1.165) is 18.4 Å². The lowest BCUT2D eigenvalue weighted by Gasteiger charge is -2.21. The van der Waals surface area contributed by atoms with Crippen molar-refractivity contribution in [2.24, 2.45) is 0 Å². The smallest absolute Gasteiger partial charge is 0.221 e. The fourth-order valence-corrected chi connectivity index (χ4v) is 3.29. The zero-order chi connectivity index (χ0) is 18.8. The van der Waals surface area contributed by atoms with Crippen LogP contribution in [0.25, 0.3) is 0 Å². The van der Waals surface area contributed by atoms with Crippen LogP contribution in [0.15, 0.2) is 35.9 Å². The molecule has 0 fully saturated rings. The molecule has 0 unspecified atom stereocenters. The van der Waals surface area contributed by atoms with Gasteiger partial charge in [0.25, 0.3) is 0 Å². The van der Waals surface area contributed by atoms with Crippen LogP contribution >= 0.6 is 11.6 Å². The summed E-state index contributed by atoms with van der Waals surface area (Å²) in [5, 5.41) is 3.68. The van der Waals surface area contributed by atoms with Crippen LogP contribution < -0.4 is 5.32 Å². The largest absolute Gasteiger partial charge is 0.356 e. The molecule has 0 radical (unpaired) electrons. The van der Waals surface area contributed by atoms with Gasteiger partial charge < -0.3 is 10.2 Å².